The molecule has 0 N–H and O–H groups in total. The molecule has 2 amide bonds. The van der Waals surface area contributed by atoms with Crippen molar-refractivity contribution in [1.82, 2.24) is 9.80 Å². The Morgan fingerprint density at radius 1 is 0.765 bits per heavy atom. The summed E-state index contributed by atoms with van der Waals surface area (Å²) in [5.74, 6) is 0.884. The fraction of sp³-hybridized carbons (Fsp3) is 0.146. The first-order valence-electron chi connectivity index (χ1n) is 16.2. The number of aliphatic imine (C=N–C) groups is 1. The molecule has 1 saturated heterocycles. The molecular weight excluding hydrogens is 685 g/mol. The molecule has 0 saturated carbocycles. The number of carbonyl (C=O) groups is 2. The Morgan fingerprint density at radius 2 is 1.39 bits per heavy atom. The van der Waals surface area contributed by atoms with Crippen molar-refractivity contribution in [2.75, 3.05) is 14.2 Å². The van der Waals surface area contributed by atoms with Crippen LogP contribution < -0.4 is 9.47 Å². The number of rotatable bonds is 10. The number of likely N-dealkylation sites (N-methyl/N-ethyl adjacent to an activating group) is 1. The van der Waals surface area contributed by atoms with E-state index in [9.17, 15) is 9.59 Å². The molecule has 5 aromatic rings. The molecule has 0 radical (unpaired) electrons. The molecule has 1 aliphatic heterocycles. The van der Waals surface area contributed by atoms with Crippen LogP contribution >= 0.6 is 23.2 Å². The Balaban J connectivity index is 1.37. The number of benzene rings is 5. The van der Waals surface area contributed by atoms with E-state index in [-0.39, 0.29) is 23.2 Å². The third-order valence-electron chi connectivity index (χ3n) is 8.36. The van der Waals surface area contributed by atoms with Crippen molar-refractivity contribution in [1.29, 1.82) is 0 Å². The fourth-order valence-corrected chi connectivity index (χ4v) is 6.12. The fourth-order valence-electron chi connectivity index (χ4n) is 5.63. The lowest BCUT2D eigenvalue weighted by Gasteiger charge is -2.20. The number of halogens is 2. The van der Waals surface area contributed by atoms with E-state index in [1.807, 2.05) is 115 Å². The first-order chi connectivity index (χ1) is 24.8. The van der Waals surface area contributed by atoms with E-state index in [2.05, 4.69) is 4.99 Å². The highest BCUT2D eigenvalue weighted by atomic mass is 35.5. The zero-order chi connectivity index (χ0) is 35.7. The first kappa shape index (κ1) is 35.3. The van der Waals surface area contributed by atoms with Crippen molar-refractivity contribution in [3.8, 4) is 11.5 Å². The van der Waals surface area contributed by atoms with Gasteiger partial charge in [-0.15, -0.1) is 0 Å². The Kier molecular flexibility index (Phi) is 11.4. The van der Waals surface area contributed by atoms with Gasteiger partial charge in [0.1, 0.15) is 24.7 Å². The smallest absolute Gasteiger partial charge is 0.421 e. The summed E-state index contributed by atoms with van der Waals surface area (Å²) in [6, 6.07) is 38.8. The van der Waals surface area contributed by atoms with E-state index in [4.69, 9.17) is 37.4 Å². The highest BCUT2D eigenvalue weighted by Gasteiger charge is 2.43. The molecule has 1 unspecified atom stereocenters. The minimum Gasteiger partial charge on any atom is -0.497 e. The van der Waals surface area contributed by atoms with Crippen molar-refractivity contribution < 1.29 is 23.8 Å². The average Bonchev–Trinajstić information content (AvgIpc) is 3.40. The number of ether oxygens (including phenoxy) is 3. The standard InChI is InChI=1S/C41H35Cl2N3O5/c1-45-37(23-28-15-20-34(21-16-28)50-26-30-9-5-3-6-10-30)38(24-29-13-18-33(49-2)19-14-29)46(41(48)51-27-31-11-7-4-8-12-31)40(45)44-39(47)35-22-17-32(42)25-36(35)43/h3-22,24-25,37H,23,26-27H2,1-2H3/b38-24-,44-40?. The van der Waals surface area contributed by atoms with Gasteiger partial charge in [0.05, 0.1) is 29.4 Å². The van der Waals surface area contributed by atoms with Crippen molar-refractivity contribution in [2.24, 2.45) is 4.99 Å². The van der Waals surface area contributed by atoms with Crippen molar-refractivity contribution in [3.63, 3.8) is 0 Å². The molecule has 0 spiro atoms. The highest BCUT2D eigenvalue weighted by molar-refractivity contribution is 6.37. The molecular formula is C41H35Cl2N3O5. The largest absolute Gasteiger partial charge is 0.497 e. The lowest BCUT2D eigenvalue weighted by Crippen LogP contribution is -2.37. The van der Waals surface area contributed by atoms with Crippen LogP contribution in [0.25, 0.3) is 6.08 Å². The third-order valence-corrected chi connectivity index (χ3v) is 8.91. The van der Waals surface area contributed by atoms with Gasteiger partial charge < -0.3 is 19.1 Å². The molecule has 8 nitrogen and oxygen atoms in total. The van der Waals surface area contributed by atoms with Gasteiger partial charge >= 0.3 is 6.09 Å². The minimum absolute atomic E-state index is 0.0229. The molecule has 10 heteroatoms. The SMILES string of the molecule is COc1ccc(/C=C2/C(Cc3ccc(OCc4ccccc4)cc3)N(C)C(=NC(=O)c3ccc(Cl)cc3Cl)N2C(=O)OCc2ccccc2)cc1. The van der Waals surface area contributed by atoms with Crippen molar-refractivity contribution >= 4 is 47.2 Å². The summed E-state index contributed by atoms with van der Waals surface area (Å²) in [7, 11) is 3.40. The third kappa shape index (κ3) is 8.78. The first-order valence-corrected chi connectivity index (χ1v) is 17.0. The van der Waals surface area contributed by atoms with Crippen molar-refractivity contribution in [2.45, 2.75) is 25.7 Å². The van der Waals surface area contributed by atoms with Gasteiger partial charge in [-0.3, -0.25) is 4.79 Å². The van der Waals surface area contributed by atoms with E-state index < -0.39 is 18.0 Å². The van der Waals surface area contributed by atoms with Gasteiger partial charge in [0.2, 0.25) is 5.96 Å². The number of hydrogen-bond acceptors (Lipinski definition) is 5. The van der Waals surface area contributed by atoms with Crippen LogP contribution in [0.1, 0.15) is 32.6 Å². The lowest BCUT2D eigenvalue weighted by atomic mass is 10.0. The molecule has 0 bridgehead atoms. The Morgan fingerprint density at radius 3 is 2.02 bits per heavy atom. The van der Waals surface area contributed by atoms with Crippen LogP contribution in [0, 0.1) is 0 Å². The molecule has 258 valence electrons. The molecule has 1 fully saturated rings. The lowest BCUT2D eigenvalue weighted by molar-refractivity contribution is 0.0999. The summed E-state index contributed by atoms with van der Waals surface area (Å²) in [6.45, 7) is 0.473. The molecule has 6 rings (SSSR count). The number of nitrogens with zero attached hydrogens (tertiary/aromatic N) is 3. The predicted molar refractivity (Wildman–Crippen MR) is 200 cm³/mol. The molecule has 51 heavy (non-hydrogen) atoms. The molecule has 0 aromatic heterocycles. The second-order valence-electron chi connectivity index (χ2n) is 11.8. The molecule has 1 heterocycles. The minimum atomic E-state index is -0.689. The zero-order valence-corrected chi connectivity index (χ0v) is 29.6. The van der Waals surface area contributed by atoms with E-state index in [0.717, 1.165) is 28.0 Å². The van der Waals surface area contributed by atoms with E-state index in [0.29, 0.717) is 29.5 Å². The van der Waals surface area contributed by atoms with Crippen LogP contribution in [0.5, 0.6) is 11.5 Å². The van der Waals surface area contributed by atoms with Crippen LogP contribution in [0.15, 0.2) is 138 Å². The van der Waals surface area contributed by atoms with E-state index >= 15 is 0 Å². The summed E-state index contributed by atoms with van der Waals surface area (Å²) >= 11 is 12.5. The molecule has 1 aliphatic rings. The monoisotopic (exact) mass is 719 g/mol. The maximum absolute atomic E-state index is 14.1. The summed E-state index contributed by atoms with van der Waals surface area (Å²) in [6.07, 6.45) is 1.67. The van der Waals surface area contributed by atoms with Crippen LogP contribution in [-0.2, 0) is 24.4 Å². The van der Waals surface area contributed by atoms with Crippen LogP contribution in [0.2, 0.25) is 10.0 Å². The van der Waals surface area contributed by atoms with Gasteiger partial charge in [0.15, 0.2) is 0 Å². The summed E-state index contributed by atoms with van der Waals surface area (Å²) in [5, 5.41) is 0.533. The Hall–Kier alpha value is -5.57. The second kappa shape index (κ2) is 16.4. The van der Waals surface area contributed by atoms with Gasteiger partial charge in [0, 0.05) is 12.1 Å². The van der Waals surface area contributed by atoms with Gasteiger partial charge in [-0.25, -0.2) is 9.69 Å². The number of guanidine groups is 1. The van der Waals surface area contributed by atoms with E-state index in [1.54, 1.807) is 25.1 Å². The van der Waals surface area contributed by atoms with Crippen LogP contribution in [0.4, 0.5) is 4.79 Å². The normalized spacial score (nSPS) is 15.6. The second-order valence-corrected chi connectivity index (χ2v) is 12.7. The number of hydrogen-bond donors (Lipinski definition) is 0. The maximum Gasteiger partial charge on any atom is 0.421 e. The Labute approximate surface area is 307 Å². The highest BCUT2D eigenvalue weighted by Crippen LogP contribution is 2.33. The van der Waals surface area contributed by atoms with E-state index in [1.165, 1.54) is 17.0 Å². The number of methoxy groups -OCH3 is 1. The van der Waals surface area contributed by atoms with Crippen molar-refractivity contribution in [3.05, 3.63) is 171 Å². The summed E-state index contributed by atoms with van der Waals surface area (Å²) < 4.78 is 17.2. The maximum atomic E-state index is 14.1. The van der Waals surface area contributed by atoms with Gasteiger partial charge in [0.25, 0.3) is 5.91 Å². The number of carbonyl (C=O) groups excluding carboxylic acids is 2. The van der Waals surface area contributed by atoms with Crippen LogP contribution in [-0.4, -0.2) is 48.0 Å². The molecule has 0 aliphatic carbocycles. The zero-order valence-electron chi connectivity index (χ0n) is 28.0. The predicted octanol–water partition coefficient (Wildman–Crippen LogP) is 9.31. The summed E-state index contributed by atoms with van der Waals surface area (Å²) in [5.41, 5.74) is 4.39. The molecule has 1 atom stereocenters. The van der Waals surface area contributed by atoms with Crippen LogP contribution in [0.3, 0.4) is 0 Å². The quantitative estimate of drug-likeness (QED) is 0.143. The average molecular weight is 721 g/mol. The Bertz CT molecular complexity index is 2040. The van der Waals surface area contributed by atoms with Gasteiger partial charge in [-0.2, -0.15) is 4.99 Å². The van der Waals surface area contributed by atoms with Gasteiger partial charge in [-0.05, 0) is 77.2 Å². The number of amides is 2. The molecule has 5 aromatic carbocycles. The topological polar surface area (TPSA) is 80.7 Å². The van der Waals surface area contributed by atoms with Gasteiger partial charge in [-0.1, -0.05) is 108 Å². The summed E-state index contributed by atoms with van der Waals surface area (Å²) in [4.78, 5) is 35.4.